The van der Waals surface area contributed by atoms with Crippen molar-refractivity contribution in [2.24, 2.45) is 0 Å². The lowest BCUT2D eigenvalue weighted by Crippen LogP contribution is -2.38. The lowest BCUT2D eigenvalue weighted by molar-refractivity contribution is -0.132. The van der Waals surface area contributed by atoms with Crippen LogP contribution in [0, 0.1) is 6.92 Å². The van der Waals surface area contributed by atoms with Crippen molar-refractivity contribution in [2.75, 3.05) is 6.54 Å². The first kappa shape index (κ1) is 9.18. The highest BCUT2D eigenvalue weighted by Gasteiger charge is 2.21. The van der Waals surface area contributed by atoms with Gasteiger partial charge in [0.15, 0.2) is 0 Å². The van der Waals surface area contributed by atoms with Crippen molar-refractivity contribution in [1.82, 2.24) is 19.7 Å². The van der Waals surface area contributed by atoms with E-state index in [1.165, 1.54) is 0 Å². The number of nitrogens with zero attached hydrogens (tertiary/aromatic N) is 4. The second-order valence-electron chi connectivity index (χ2n) is 3.47. The van der Waals surface area contributed by atoms with E-state index in [1.54, 1.807) is 0 Å². The molecule has 1 aromatic heterocycles. The maximum Gasteiger partial charge on any atom is 0.222 e. The molecule has 1 aliphatic rings. The summed E-state index contributed by atoms with van der Waals surface area (Å²) < 4.78 is 1.88. The topological polar surface area (TPSA) is 51.0 Å². The number of amides is 1. The van der Waals surface area contributed by atoms with Crippen LogP contribution in [0.2, 0.25) is 0 Å². The molecule has 0 bridgehead atoms. The van der Waals surface area contributed by atoms with Gasteiger partial charge in [-0.3, -0.25) is 4.79 Å². The second-order valence-corrected chi connectivity index (χ2v) is 3.47. The Balaban J connectivity index is 2.16. The first-order valence-corrected chi connectivity index (χ1v) is 4.89. The van der Waals surface area contributed by atoms with Crippen molar-refractivity contribution in [3.63, 3.8) is 0 Å². The molecule has 76 valence electrons. The Bertz CT molecular complexity index is 358. The molecule has 2 rings (SSSR count). The summed E-state index contributed by atoms with van der Waals surface area (Å²) >= 11 is 0. The van der Waals surface area contributed by atoms with Gasteiger partial charge in [-0.15, -0.1) is 0 Å². The van der Waals surface area contributed by atoms with Gasteiger partial charge in [0.05, 0.1) is 13.1 Å². The van der Waals surface area contributed by atoms with Crippen molar-refractivity contribution >= 4 is 5.91 Å². The van der Waals surface area contributed by atoms with E-state index in [2.05, 4.69) is 10.1 Å². The van der Waals surface area contributed by atoms with Crippen molar-refractivity contribution in [1.29, 1.82) is 0 Å². The molecular weight excluding hydrogens is 180 g/mol. The van der Waals surface area contributed by atoms with Crippen LogP contribution in [0.1, 0.15) is 25.0 Å². The van der Waals surface area contributed by atoms with E-state index in [0.29, 0.717) is 13.0 Å². The molecule has 0 aromatic carbocycles. The molecule has 0 spiro atoms. The molecule has 0 fully saturated rings. The predicted molar refractivity (Wildman–Crippen MR) is 50.5 cm³/mol. The summed E-state index contributed by atoms with van der Waals surface area (Å²) in [5.41, 5.74) is 0. The Hall–Kier alpha value is -1.39. The summed E-state index contributed by atoms with van der Waals surface area (Å²) in [6.45, 7) is 5.88. The van der Waals surface area contributed by atoms with Crippen LogP contribution in [-0.4, -0.2) is 32.1 Å². The van der Waals surface area contributed by atoms with E-state index < -0.39 is 0 Å². The van der Waals surface area contributed by atoms with Gasteiger partial charge in [-0.1, -0.05) is 6.92 Å². The van der Waals surface area contributed by atoms with Gasteiger partial charge < -0.3 is 4.90 Å². The molecule has 2 heterocycles. The molecule has 0 radical (unpaired) electrons. The standard InChI is InChI=1S/C9H14N4O/c1-3-9(14)12-4-5-13-8(6-12)10-7(2)11-13/h3-6H2,1-2H3. The van der Waals surface area contributed by atoms with E-state index in [-0.39, 0.29) is 5.91 Å². The van der Waals surface area contributed by atoms with Crippen LogP contribution in [0.15, 0.2) is 0 Å². The molecule has 5 heteroatoms. The number of aryl methyl sites for hydroxylation is 1. The van der Waals surface area contributed by atoms with Gasteiger partial charge >= 0.3 is 0 Å². The second kappa shape index (κ2) is 3.40. The third kappa shape index (κ3) is 1.49. The van der Waals surface area contributed by atoms with Crippen LogP contribution in [0.3, 0.4) is 0 Å². The summed E-state index contributed by atoms with van der Waals surface area (Å²) in [6, 6.07) is 0. The average molecular weight is 194 g/mol. The molecule has 5 nitrogen and oxygen atoms in total. The maximum atomic E-state index is 11.5. The Morgan fingerprint density at radius 3 is 3.00 bits per heavy atom. The zero-order valence-corrected chi connectivity index (χ0v) is 8.53. The number of carbonyl (C=O) groups is 1. The number of hydrogen-bond acceptors (Lipinski definition) is 3. The van der Waals surface area contributed by atoms with Crippen molar-refractivity contribution in [3.05, 3.63) is 11.6 Å². The Labute approximate surface area is 82.7 Å². The predicted octanol–water partition coefficient (Wildman–Crippen LogP) is 0.339. The van der Waals surface area contributed by atoms with E-state index in [0.717, 1.165) is 24.7 Å². The van der Waals surface area contributed by atoms with Crippen LogP contribution in [0.5, 0.6) is 0 Å². The molecule has 1 aromatic rings. The molecule has 0 aliphatic carbocycles. The van der Waals surface area contributed by atoms with Gasteiger partial charge in [-0.25, -0.2) is 9.67 Å². The Morgan fingerprint density at radius 1 is 1.50 bits per heavy atom. The van der Waals surface area contributed by atoms with Gasteiger partial charge in [-0.05, 0) is 6.92 Å². The molecule has 0 saturated carbocycles. The van der Waals surface area contributed by atoms with Crippen LogP contribution in [0.25, 0.3) is 0 Å². The van der Waals surface area contributed by atoms with Gasteiger partial charge in [-0.2, -0.15) is 5.10 Å². The number of aromatic nitrogens is 3. The van der Waals surface area contributed by atoms with Crippen LogP contribution in [0.4, 0.5) is 0 Å². The summed E-state index contributed by atoms with van der Waals surface area (Å²) in [6.07, 6.45) is 0.563. The molecular formula is C9H14N4O. The molecule has 0 saturated heterocycles. The summed E-state index contributed by atoms with van der Waals surface area (Å²) in [7, 11) is 0. The van der Waals surface area contributed by atoms with Crippen LogP contribution >= 0.6 is 0 Å². The lowest BCUT2D eigenvalue weighted by Gasteiger charge is -2.26. The van der Waals surface area contributed by atoms with E-state index in [1.807, 2.05) is 23.4 Å². The van der Waals surface area contributed by atoms with E-state index >= 15 is 0 Å². The molecule has 0 N–H and O–H groups in total. The molecule has 1 aliphatic heterocycles. The van der Waals surface area contributed by atoms with Crippen molar-refractivity contribution in [3.8, 4) is 0 Å². The summed E-state index contributed by atoms with van der Waals surface area (Å²) in [4.78, 5) is 17.6. The summed E-state index contributed by atoms with van der Waals surface area (Å²) in [5, 5.41) is 4.24. The van der Waals surface area contributed by atoms with E-state index in [4.69, 9.17) is 0 Å². The monoisotopic (exact) mass is 194 g/mol. The Kier molecular flexibility index (Phi) is 2.23. The molecule has 0 unspecified atom stereocenters. The normalized spacial score (nSPS) is 15.4. The number of carbonyl (C=O) groups excluding carboxylic acids is 1. The van der Waals surface area contributed by atoms with Gasteiger partial charge in [0.25, 0.3) is 0 Å². The zero-order valence-electron chi connectivity index (χ0n) is 8.53. The Morgan fingerprint density at radius 2 is 2.29 bits per heavy atom. The fraction of sp³-hybridized carbons (Fsp3) is 0.667. The lowest BCUT2D eigenvalue weighted by atomic mass is 10.3. The first-order chi connectivity index (χ1) is 6.70. The molecule has 0 atom stereocenters. The number of hydrogen-bond donors (Lipinski definition) is 0. The quantitative estimate of drug-likeness (QED) is 0.647. The third-order valence-corrected chi connectivity index (χ3v) is 2.42. The first-order valence-electron chi connectivity index (χ1n) is 4.89. The highest BCUT2D eigenvalue weighted by Crippen LogP contribution is 2.10. The highest BCUT2D eigenvalue weighted by molar-refractivity contribution is 5.75. The van der Waals surface area contributed by atoms with Gasteiger partial charge in [0.2, 0.25) is 5.91 Å². The SMILES string of the molecule is CCC(=O)N1CCn2nc(C)nc2C1. The molecule has 14 heavy (non-hydrogen) atoms. The highest BCUT2D eigenvalue weighted by atomic mass is 16.2. The maximum absolute atomic E-state index is 11.5. The van der Waals surface area contributed by atoms with Crippen LogP contribution in [-0.2, 0) is 17.9 Å². The fourth-order valence-electron chi connectivity index (χ4n) is 1.70. The fourth-order valence-corrected chi connectivity index (χ4v) is 1.70. The number of rotatable bonds is 1. The zero-order chi connectivity index (χ0) is 10.1. The van der Waals surface area contributed by atoms with Gasteiger partial charge in [0.1, 0.15) is 11.6 Å². The minimum atomic E-state index is 0.192. The minimum Gasteiger partial charge on any atom is -0.333 e. The van der Waals surface area contributed by atoms with E-state index in [9.17, 15) is 4.79 Å². The third-order valence-electron chi connectivity index (χ3n) is 2.42. The van der Waals surface area contributed by atoms with Crippen molar-refractivity contribution < 1.29 is 4.79 Å². The smallest absolute Gasteiger partial charge is 0.222 e. The molecule has 1 amide bonds. The van der Waals surface area contributed by atoms with Gasteiger partial charge in [0, 0.05) is 13.0 Å². The largest absolute Gasteiger partial charge is 0.333 e. The number of fused-ring (bicyclic) bond motifs is 1. The van der Waals surface area contributed by atoms with Crippen molar-refractivity contribution in [2.45, 2.75) is 33.4 Å². The average Bonchev–Trinajstić information content (AvgIpc) is 2.55. The van der Waals surface area contributed by atoms with Crippen LogP contribution < -0.4 is 0 Å². The minimum absolute atomic E-state index is 0.192. The summed E-state index contributed by atoms with van der Waals surface area (Å²) in [5.74, 6) is 1.87.